The number of benzene rings is 2. The molecule has 180 valence electrons. The number of aryl methyl sites for hydroxylation is 1. The van der Waals surface area contributed by atoms with Gasteiger partial charge in [-0.25, -0.2) is 0 Å². The van der Waals surface area contributed by atoms with Crippen molar-refractivity contribution in [3.63, 3.8) is 0 Å². The summed E-state index contributed by atoms with van der Waals surface area (Å²) in [5, 5.41) is 0.795. The van der Waals surface area contributed by atoms with Crippen LogP contribution >= 0.6 is 11.6 Å². The predicted octanol–water partition coefficient (Wildman–Crippen LogP) is 6.24. The third-order valence-electron chi connectivity index (χ3n) is 8.30. The van der Waals surface area contributed by atoms with Gasteiger partial charge in [-0.15, -0.1) is 6.58 Å². The summed E-state index contributed by atoms with van der Waals surface area (Å²) in [6.07, 6.45) is 7.60. The zero-order valence-corrected chi connectivity index (χ0v) is 20.9. The van der Waals surface area contributed by atoms with Crippen molar-refractivity contribution in [1.82, 2.24) is 0 Å². The van der Waals surface area contributed by atoms with Gasteiger partial charge in [-0.1, -0.05) is 23.7 Å². The molecule has 5 heteroatoms. The molecule has 4 nitrogen and oxygen atoms in total. The molecule has 2 aromatic carbocycles. The summed E-state index contributed by atoms with van der Waals surface area (Å²) in [5.41, 5.74) is 4.35. The van der Waals surface area contributed by atoms with Crippen LogP contribution in [0.4, 0.5) is 5.69 Å². The second kappa shape index (κ2) is 9.39. The summed E-state index contributed by atoms with van der Waals surface area (Å²) >= 11 is 6.36. The first-order valence-corrected chi connectivity index (χ1v) is 12.8. The highest BCUT2D eigenvalue weighted by molar-refractivity contribution is 6.30. The van der Waals surface area contributed by atoms with Crippen molar-refractivity contribution in [2.45, 2.75) is 50.5 Å². The van der Waals surface area contributed by atoms with Crippen LogP contribution in [-0.4, -0.2) is 38.7 Å². The van der Waals surface area contributed by atoms with E-state index in [4.69, 9.17) is 21.1 Å². The molecule has 0 N–H and O–H groups in total. The summed E-state index contributed by atoms with van der Waals surface area (Å²) in [4.78, 5) is 14.7. The van der Waals surface area contributed by atoms with Gasteiger partial charge in [0.1, 0.15) is 5.75 Å². The Hall–Kier alpha value is -2.30. The van der Waals surface area contributed by atoms with E-state index in [-0.39, 0.29) is 17.3 Å². The number of methoxy groups -OCH3 is 1. The van der Waals surface area contributed by atoms with E-state index < -0.39 is 0 Å². The Morgan fingerprint density at radius 2 is 2.18 bits per heavy atom. The van der Waals surface area contributed by atoms with Gasteiger partial charge < -0.3 is 14.4 Å². The fourth-order valence-electron chi connectivity index (χ4n) is 6.32. The normalized spacial score (nSPS) is 26.5. The molecule has 4 atom stereocenters. The largest absolute Gasteiger partial charge is 0.490 e. The smallest absolute Gasteiger partial charge is 0.159 e. The summed E-state index contributed by atoms with van der Waals surface area (Å²) in [5.74, 6) is 1.93. The van der Waals surface area contributed by atoms with Crippen molar-refractivity contribution in [3.05, 3.63) is 70.8 Å². The van der Waals surface area contributed by atoms with Crippen molar-refractivity contribution in [2.24, 2.45) is 11.8 Å². The Morgan fingerprint density at radius 3 is 2.88 bits per heavy atom. The maximum absolute atomic E-state index is 12.2. The van der Waals surface area contributed by atoms with E-state index in [0.29, 0.717) is 18.4 Å². The number of hydrogen-bond donors (Lipinski definition) is 0. The molecule has 0 saturated heterocycles. The fourth-order valence-corrected chi connectivity index (χ4v) is 6.51. The summed E-state index contributed by atoms with van der Waals surface area (Å²) in [7, 11) is 1.77. The van der Waals surface area contributed by atoms with Crippen LogP contribution < -0.4 is 9.64 Å². The molecular formula is C29H34ClNO3. The first-order chi connectivity index (χ1) is 16.4. The lowest BCUT2D eigenvalue weighted by Gasteiger charge is -2.46. The molecule has 0 amide bonds. The third-order valence-corrected chi connectivity index (χ3v) is 8.54. The van der Waals surface area contributed by atoms with Crippen LogP contribution in [0.25, 0.3) is 0 Å². The Balaban J connectivity index is 1.54. The zero-order valence-electron chi connectivity index (χ0n) is 20.2. The number of ether oxygens (including phenoxy) is 2. The van der Waals surface area contributed by atoms with Gasteiger partial charge in [0.05, 0.1) is 18.4 Å². The third kappa shape index (κ3) is 4.16. The maximum Gasteiger partial charge on any atom is 0.159 e. The lowest BCUT2D eigenvalue weighted by atomic mass is 9.68. The van der Waals surface area contributed by atoms with Crippen LogP contribution in [0.2, 0.25) is 5.02 Å². The number of carbonyl (C=O) groups is 1. The average molecular weight is 480 g/mol. The Bertz CT molecular complexity index is 1100. The fraction of sp³-hybridized carbons (Fsp3) is 0.483. The minimum Gasteiger partial charge on any atom is -0.490 e. The maximum atomic E-state index is 12.2. The average Bonchev–Trinajstić information content (AvgIpc) is 2.97. The van der Waals surface area contributed by atoms with Crippen molar-refractivity contribution >= 4 is 23.1 Å². The van der Waals surface area contributed by atoms with Gasteiger partial charge in [0.2, 0.25) is 0 Å². The molecule has 2 aliphatic carbocycles. The molecule has 0 radical (unpaired) electrons. The monoisotopic (exact) mass is 479 g/mol. The molecular weight excluding hydrogens is 446 g/mol. The lowest BCUT2D eigenvalue weighted by Crippen LogP contribution is -2.49. The standard InChI is InChI=1S/C29H34ClNO3/c1-4-27(33-3)24-10-7-22(24)16-31-17-29(13-5-6-21-14-23(30)9-11-25(21)29)18-34-28-12-8-20(19(2)32)15-26(28)31/h4,8-9,11-12,14-15,22,24,27H,1,5-7,10,13,16-18H2,2-3H3/t22-,24+,27-,29-/m0/s1. The first kappa shape index (κ1) is 23.4. The van der Waals surface area contributed by atoms with E-state index in [1.807, 2.05) is 30.3 Å². The predicted molar refractivity (Wildman–Crippen MR) is 137 cm³/mol. The number of ketones is 1. The number of hydrogen-bond acceptors (Lipinski definition) is 4. The van der Waals surface area contributed by atoms with E-state index in [1.165, 1.54) is 17.5 Å². The number of anilines is 1. The zero-order chi connectivity index (χ0) is 23.9. The highest BCUT2D eigenvalue weighted by Gasteiger charge is 2.44. The van der Waals surface area contributed by atoms with E-state index in [9.17, 15) is 4.79 Å². The lowest BCUT2D eigenvalue weighted by molar-refractivity contribution is 0.0135. The summed E-state index contributed by atoms with van der Waals surface area (Å²) < 4.78 is 12.2. The molecule has 1 saturated carbocycles. The second-order valence-electron chi connectivity index (χ2n) is 10.3. The van der Waals surface area contributed by atoms with Crippen LogP contribution in [0.5, 0.6) is 5.75 Å². The molecule has 0 aromatic heterocycles. The van der Waals surface area contributed by atoms with Crippen molar-refractivity contribution in [3.8, 4) is 5.75 Å². The number of Topliss-reactive ketones (excluding diaryl/α,β-unsaturated/α-hetero) is 1. The SMILES string of the molecule is C=C[C@H](OC)[C@@H]1CC[C@H]1CN1C[C@@]2(CCCc3cc(Cl)ccc32)COc2ccc(C(C)=O)cc21. The Kier molecular flexibility index (Phi) is 6.47. The molecule has 0 unspecified atom stereocenters. The van der Waals surface area contributed by atoms with Crippen molar-refractivity contribution in [2.75, 3.05) is 31.7 Å². The molecule has 2 aromatic rings. The topological polar surface area (TPSA) is 38.8 Å². The van der Waals surface area contributed by atoms with Crippen molar-refractivity contribution in [1.29, 1.82) is 0 Å². The summed E-state index contributed by atoms with van der Waals surface area (Å²) in [6, 6.07) is 12.2. The van der Waals surface area contributed by atoms with Gasteiger partial charge in [-0.2, -0.15) is 0 Å². The van der Waals surface area contributed by atoms with Crippen LogP contribution in [0, 0.1) is 11.8 Å². The molecule has 1 spiro atoms. The number of carbonyl (C=O) groups excluding carboxylic acids is 1. The number of nitrogens with zero attached hydrogens (tertiary/aromatic N) is 1. The number of fused-ring (bicyclic) bond motifs is 3. The van der Waals surface area contributed by atoms with Crippen LogP contribution in [0.15, 0.2) is 49.1 Å². The van der Waals surface area contributed by atoms with Gasteiger partial charge in [0.15, 0.2) is 5.78 Å². The van der Waals surface area contributed by atoms with Crippen LogP contribution in [0.3, 0.4) is 0 Å². The molecule has 5 rings (SSSR count). The number of halogens is 1. The molecule has 0 bridgehead atoms. The quantitative estimate of drug-likeness (QED) is 0.363. The molecule has 1 heterocycles. The van der Waals surface area contributed by atoms with Crippen LogP contribution in [0.1, 0.15) is 54.1 Å². The van der Waals surface area contributed by atoms with E-state index in [1.54, 1.807) is 14.0 Å². The van der Waals surface area contributed by atoms with E-state index >= 15 is 0 Å². The Labute approximate surface area is 207 Å². The first-order valence-electron chi connectivity index (χ1n) is 12.4. The van der Waals surface area contributed by atoms with Gasteiger partial charge in [-0.05, 0) is 92.3 Å². The summed E-state index contributed by atoms with van der Waals surface area (Å²) in [6.45, 7) is 8.03. The molecule has 3 aliphatic rings. The Morgan fingerprint density at radius 1 is 1.32 bits per heavy atom. The van der Waals surface area contributed by atoms with Gasteiger partial charge in [-0.3, -0.25) is 4.79 Å². The highest BCUT2D eigenvalue weighted by Crippen LogP contribution is 2.46. The van der Waals surface area contributed by atoms with Gasteiger partial charge in [0.25, 0.3) is 0 Å². The molecule has 1 aliphatic heterocycles. The van der Waals surface area contributed by atoms with Gasteiger partial charge >= 0.3 is 0 Å². The van der Waals surface area contributed by atoms with E-state index in [2.05, 4.69) is 23.6 Å². The van der Waals surface area contributed by atoms with E-state index in [0.717, 1.165) is 60.8 Å². The van der Waals surface area contributed by atoms with Crippen molar-refractivity contribution < 1.29 is 14.3 Å². The number of rotatable bonds is 6. The highest BCUT2D eigenvalue weighted by atomic mass is 35.5. The van der Waals surface area contributed by atoms with Crippen LogP contribution in [-0.2, 0) is 16.6 Å². The molecule has 1 fully saturated rings. The minimum atomic E-state index is -0.105. The van der Waals surface area contributed by atoms with Gasteiger partial charge in [0, 0.05) is 36.2 Å². The second-order valence-corrected chi connectivity index (χ2v) is 10.7. The molecule has 34 heavy (non-hydrogen) atoms. The minimum absolute atomic E-state index is 0.0759.